The Morgan fingerprint density at radius 2 is 2.07 bits per heavy atom. The van der Waals surface area contributed by atoms with Crippen molar-refractivity contribution in [1.29, 1.82) is 0 Å². The van der Waals surface area contributed by atoms with Crippen LogP contribution in [0.2, 0.25) is 0 Å². The third-order valence-corrected chi connectivity index (χ3v) is 2.10. The number of alkyl halides is 2. The van der Waals surface area contributed by atoms with Gasteiger partial charge in [-0.25, -0.2) is 8.78 Å². The molecule has 0 bridgehead atoms. The van der Waals surface area contributed by atoms with Gasteiger partial charge in [-0.15, -0.1) is 0 Å². The summed E-state index contributed by atoms with van der Waals surface area (Å²) < 4.78 is 30.0. The van der Waals surface area contributed by atoms with Crippen molar-refractivity contribution in [3.63, 3.8) is 0 Å². The Morgan fingerprint density at radius 1 is 1.40 bits per heavy atom. The highest BCUT2D eigenvalue weighted by Gasteiger charge is 2.11. The minimum atomic E-state index is -2.46. The third kappa shape index (κ3) is 3.16. The standard InChI is InChI=1S/C11H15F2NO/c1-7(14)5-9-6-8(11(12)13)3-4-10(9)15-2/h3-4,6-7,11H,5,14H2,1-2H3. The molecule has 0 aromatic heterocycles. The lowest BCUT2D eigenvalue weighted by Crippen LogP contribution is -2.18. The van der Waals surface area contributed by atoms with Crippen molar-refractivity contribution in [3.8, 4) is 5.75 Å². The van der Waals surface area contributed by atoms with Crippen molar-refractivity contribution in [2.45, 2.75) is 25.8 Å². The minimum Gasteiger partial charge on any atom is -0.496 e. The molecule has 1 aromatic rings. The van der Waals surface area contributed by atoms with Crippen LogP contribution in [-0.2, 0) is 6.42 Å². The van der Waals surface area contributed by atoms with Crippen LogP contribution >= 0.6 is 0 Å². The van der Waals surface area contributed by atoms with Gasteiger partial charge in [0.25, 0.3) is 6.43 Å². The molecule has 4 heteroatoms. The Hall–Kier alpha value is -1.16. The maximum atomic E-state index is 12.4. The van der Waals surface area contributed by atoms with E-state index in [1.165, 1.54) is 19.2 Å². The summed E-state index contributed by atoms with van der Waals surface area (Å²) in [6.07, 6.45) is -1.92. The molecule has 1 unspecified atom stereocenters. The van der Waals surface area contributed by atoms with E-state index in [-0.39, 0.29) is 11.6 Å². The number of benzene rings is 1. The van der Waals surface area contributed by atoms with E-state index in [1.807, 2.05) is 6.92 Å². The zero-order valence-electron chi connectivity index (χ0n) is 8.84. The summed E-state index contributed by atoms with van der Waals surface area (Å²) in [6.45, 7) is 1.83. The molecule has 1 aromatic carbocycles. The number of halogens is 2. The Morgan fingerprint density at radius 3 is 2.53 bits per heavy atom. The van der Waals surface area contributed by atoms with Crippen molar-refractivity contribution in [1.82, 2.24) is 0 Å². The minimum absolute atomic E-state index is 0.00597. The maximum Gasteiger partial charge on any atom is 0.263 e. The van der Waals surface area contributed by atoms with Gasteiger partial charge in [0.05, 0.1) is 7.11 Å². The van der Waals surface area contributed by atoms with E-state index in [1.54, 1.807) is 6.07 Å². The second-order valence-corrected chi connectivity index (χ2v) is 3.55. The fourth-order valence-electron chi connectivity index (χ4n) is 1.44. The van der Waals surface area contributed by atoms with Crippen molar-refractivity contribution < 1.29 is 13.5 Å². The van der Waals surface area contributed by atoms with Crippen molar-refractivity contribution >= 4 is 0 Å². The molecule has 0 saturated heterocycles. The Labute approximate surface area is 88.0 Å². The molecule has 0 aliphatic carbocycles. The maximum absolute atomic E-state index is 12.4. The van der Waals surface area contributed by atoms with Gasteiger partial charge in [-0.3, -0.25) is 0 Å². The van der Waals surface area contributed by atoms with Crippen molar-refractivity contribution in [3.05, 3.63) is 29.3 Å². The van der Waals surface area contributed by atoms with Crippen LogP contribution in [0.15, 0.2) is 18.2 Å². The summed E-state index contributed by atoms with van der Waals surface area (Å²) in [6, 6.07) is 4.30. The second-order valence-electron chi connectivity index (χ2n) is 3.55. The molecule has 84 valence electrons. The highest BCUT2D eigenvalue weighted by atomic mass is 19.3. The SMILES string of the molecule is COc1ccc(C(F)F)cc1CC(C)N. The van der Waals surface area contributed by atoms with Crippen LogP contribution in [-0.4, -0.2) is 13.2 Å². The van der Waals surface area contributed by atoms with Crippen LogP contribution in [0.1, 0.15) is 24.5 Å². The monoisotopic (exact) mass is 215 g/mol. The highest BCUT2D eigenvalue weighted by Crippen LogP contribution is 2.26. The van der Waals surface area contributed by atoms with E-state index >= 15 is 0 Å². The predicted molar refractivity (Wildman–Crippen MR) is 55.3 cm³/mol. The molecule has 0 spiro atoms. The van der Waals surface area contributed by atoms with Gasteiger partial charge in [0.15, 0.2) is 0 Å². The van der Waals surface area contributed by atoms with Crippen LogP contribution in [0.25, 0.3) is 0 Å². The molecule has 15 heavy (non-hydrogen) atoms. The fraction of sp³-hybridized carbons (Fsp3) is 0.455. The van der Waals surface area contributed by atoms with Crippen LogP contribution in [0.4, 0.5) is 8.78 Å². The van der Waals surface area contributed by atoms with Crippen LogP contribution in [0.5, 0.6) is 5.75 Å². The van der Waals surface area contributed by atoms with Crippen molar-refractivity contribution in [2.24, 2.45) is 5.73 Å². The molecule has 0 fully saturated rings. The van der Waals surface area contributed by atoms with Crippen molar-refractivity contribution in [2.75, 3.05) is 7.11 Å². The Bertz CT molecular complexity index is 326. The predicted octanol–water partition coefficient (Wildman–Crippen LogP) is 2.52. The average Bonchev–Trinajstić information content (AvgIpc) is 2.16. The molecule has 0 saturated carbocycles. The quantitative estimate of drug-likeness (QED) is 0.837. The summed E-state index contributed by atoms with van der Waals surface area (Å²) in [5.74, 6) is 0.608. The van der Waals surface area contributed by atoms with E-state index < -0.39 is 6.43 Å². The van der Waals surface area contributed by atoms with Crippen LogP contribution < -0.4 is 10.5 Å². The molecule has 1 rings (SSSR count). The van der Waals surface area contributed by atoms with Gasteiger partial charge in [-0.1, -0.05) is 0 Å². The van der Waals surface area contributed by atoms with Gasteiger partial charge in [-0.2, -0.15) is 0 Å². The number of rotatable bonds is 4. The van der Waals surface area contributed by atoms with Gasteiger partial charge in [0.2, 0.25) is 0 Å². The molecule has 0 aliphatic heterocycles. The van der Waals surface area contributed by atoms with Gasteiger partial charge in [0, 0.05) is 11.6 Å². The normalized spacial score (nSPS) is 12.9. The van der Waals surface area contributed by atoms with Crippen LogP contribution in [0.3, 0.4) is 0 Å². The molecule has 2 N–H and O–H groups in total. The third-order valence-electron chi connectivity index (χ3n) is 2.10. The van der Waals surface area contributed by atoms with E-state index in [2.05, 4.69) is 0 Å². The first kappa shape index (κ1) is 11.9. The van der Waals surface area contributed by atoms with Gasteiger partial charge in [-0.05, 0) is 37.1 Å². The van der Waals surface area contributed by atoms with Gasteiger partial charge < -0.3 is 10.5 Å². The lowest BCUT2D eigenvalue weighted by atomic mass is 10.0. The number of nitrogens with two attached hydrogens (primary N) is 1. The molecule has 0 heterocycles. The second kappa shape index (κ2) is 5.07. The largest absolute Gasteiger partial charge is 0.496 e. The zero-order chi connectivity index (χ0) is 11.4. The van der Waals surface area contributed by atoms with E-state index in [0.717, 1.165) is 5.56 Å². The number of ether oxygens (including phenoxy) is 1. The van der Waals surface area contributed by atoms with Crippen LogP contribution in [0, 0.1) is 0 Å². The molecule has 1 atom stereocenters. The lowest BCUT2D eigenvalue weighted by molar-refractivity contribution is 0.151. The summed E-state index contributed by atoms with van der Waals surface area (Å²) >= 11 is 0. The highest BCUT2D eigenvalue weighted by molar-refractivity contribution is 5.38. The summed E-state index contributed by atoms with van der Waals surface area (Å²) in [5.41, 5.74) is 6.36. The average molecular weight is 215 g/mol. The summed E-state index contributed by atoms with van der Waals surface area (Å²) in [4.78, 5) is 0. The molecular weight excluding hydrogens is 200 g/mol. The first-order valence-electron chi connectivity index (χ1n) is 4.75. The van der Waals surface area contributed by atoms with Gasteiger partial charge >= 0.3 is 0 Å². The Kier molecular flexibility index (Phi) is 4.03. The van der Waals surface area contributed by atoms with E-state index in [0.29, 0.717) is 12.2 Å². The summed E-state index contributed by atoms with van der Waals surface area (Å²) in [5, 5.41) is 0. The molecule has 0 aliphatic rings. The number of methoxy groups -OCH3 is 1. The first-order valence-corrected chi connectivity index (χ1v) is 4.75. The zero-order valence-corrected chi connectivity index (χ0v) is 8.84. The van der Waals surface area contributed by atoms with E-state index in [9.17, 15) is 8.78 Å². The Balaban J connectivity index is 3.02. The summed E-state index contributed by atoms with van der Waals surface area (Å²) in [7, 11) is 1.52. The smallest absolute Gasteiger partial charge is 0.263 e. The van der Waals surface area contributed by atoms with E-state index in [4.69, 9.17) is 10.5 Å². The lowest BCUT2D eigenvalue weighted by Gasteiger charge is -2.12. The molecule has 0 radical (unpaired) electrons. The topological polar surface area (TPSA) is 35.2 Å². The molecule has 0 amide bonds. The molecule has 2 nitrogen and oxygen atoms in total. The first-order chi connectivity index (χ1) is 7.04. The fourth-order valence-corrected chi connectivity index (χ4v) is 1.44. The number of hydrogen-bond donors (Lipinski definition) is 1. The number of hydrogen-bond acceptors (Lipinski definition) is 2. The van der Waals surface area contributed by atoms with Gasteiger partial charge in [0.1, 0.15) is 5.75 Å². The molecular formula is C11H15F2NO.